The van der Waals surface area contributed by atoms with Gasteiger partial charge in [-0.25, -0.2) is 13.2 Å². The minimum atomic E-state index is -4.22. The monoisotopic (exact) mass is 341 g/mol. The molecule has 0 atom stereocenters. The van der Waals surface area contributed by atoms with Crippen molar-refractivity contribution in [1.29, 1.82) is 0 Å². The van der Waals surface area contributed by atoms with E-state index in [1.165, 1.54) is 33.3 Å². The van der Waals surface area contributed by atoms with Gasteiger partial charge in [0.05, 0.1) is 19.9 Å². The Bertz CT molecular complexity index is 923. The highest BCUT2D eigenvalue weighted by Crippen LogP contribution is 2.27. The third kappa shape index (κ3) is 3.54. The van der Waals surface area contributed by atoms with Crippen molar-refractivity contribution in [2.75, 3.05) is 18.9 Å². The molecule has 1 aromatic carbocycles. The number of H-pyrrole nitrogens is 2. The lowest BCUT2D eigenvalue weighted by Gasteiger charge is -2.11. The fourth-order valence-corrected chi connectivity index (χ4v) is 3.26. The average molecular weight is 341 g/mol. The fourth-order valence-electron chi connectivity index (χ4n) is 1.98. The van der Waals surface area contributed by atoms with Crippen LogP contribution in [0.5, 0.6) is 11.5 Å². The minimum absolute atomic E-state index is 0.0684. The first kappa shape index (κ1) is 16.6. The standard InChI is InChI=1S/C13H15N3O6S/c1-7-11(12(17)15-13(18)14-7)23(19,20)16-8-4-9(21-2)6-10(5-8)22-3/h4-6,16H,1-3H3,(H2,14,15,17,18). The predicted molar refractivity (Wildman–Crippen MR) is 82.8 cm³/mol. The van der Waals surface area contributed by atoms with Gasteiger partial charge >= 0.3 is 5.69 Å². The highest BCUT2D eigenvalue weighted by atomic mass is 32.2. The molecule has 124 valence electrons. The zero-order chi connectivity index (χ0) is 17.2. The van der Waals surface area contributed by atoms with Gasteiger partial charge in [-0.3, -0.25) is 14.5 Å². The summed E-state index contributed by atoms with van der Waals surface area (Å²) in [6.45, 7) is 1.32. The Hall–Kier alpha value is -2.75. The van der Waals surface area contributed by atoms with Gasteiger partial charge in [0.1, 0.15) is 11.5 Å². The minimum Gasteiger partial charge on any atom is -0.497 e. The van der Waals surface area contributed by atoms with E-state index >= 15 is 0 Å². The van der Waals surface area contributed by atoms with Crippen LogP contribution in [-0.2, 0) is 10.0 Å². The summed E-state index contributed by atoms with van der Waals surface area (Å²) in [5.41, 5.74) is -1.71. The molecule has 1 heterocycles. The smallest absolute Gasteiger partial charge is 0.325 e. The van der Waals surface area contributed by atoms with Crippen LogP contribution >= 0.6 is 0 Å². The van der Waals surface area contributed by atoms with E-state index < -0.39 is 26.2 Å². The van der Waals surface area contributed by atoms with E-state index in [0.29, 0.717) is 11.5 Å². The number of rotatable bonds is 5. The molecular weight excluding hydrogens is 326 g/mol. The molecule has 23 heavy (non-hydrogen) atoms. The number of methoxy groups -OCH3 is 2. The van der Waals surface area contributed by atoms with Crippen LogP contribution in [0.2, 0.25) is 0 Å². The first-order chi connectivity index (χ1) is 10.8. The summed E-state index contributed by atoms with van der Waals surface area (Å²) in [4.78, 5) is 26.5. The molecule has 0 amide bonds. The van der Waals surface area contributed by atoms with Gasteiger partial charge in [0.25, 0.3) is 15.6 Å². The number of anilines is 1. The Morgan fingerprint density at radius 2 is 1.57 bits per heavy atom. The van der Waals surface area contributed by atoms with E-state index in [2.05, 4.69) is 9.71 Å². The third-order valence-electron chi connectivity index (χ3n) is 2.95. The van der Waals surface area contributed by atoms with E-state index in [1.54, 1.807) is 6.07 Å². The largest absolute Gasteiger partial charge is 0.497 e. The van der Waals surface area contributed by atoms with Gasteiger partial charge in [0.15, 0.2) is 4.90 Å². The fraction of sp³-hybridized carbons (Fsp3) is 0.231. The molecule has 0 aliphatic rings. The summed E-state index contributed by atoms with van der Waals surface area (Å²) in [7, 11) is -1.38. The molecule has 0 aliphatic heterocycles. The van der Waals surface area contributed by atoms with Crippen LogP contribution in [0.3, 0.4) is 0 Å². The van der Waals surface area contributed by atoms with E-state index in [1.807, 2.05) is 4.98 Å². The van der Waals surface area contributed by atoms with Gasteiger partial charge in [-0.1, -0.05) is 0 Å². The lowest BCUT2D eigenvalue weighted by Crippen LogP contribution is -2.31. The normalized spacial score (nSPS) is 11.1. The number of aromatic nitrogens is 2. The maximum atomic E-state index is 12.4. The number of nitrogens with one attached hydrogen (secondary N) is 3. The zero-order valence-electron chi connectivity index (χ0n) is 12.6. The van der Waals surface area contributed by atoms with E-state index in [4.69, 9.17) is 9.47 Å². The van der Waals surface area contributed by atoms with Gasteiger partial charge in [0, 0.05) is 23.9 Å². The van der Waals surface area contributed by atoms with Gasteiger partial charge in [-0.05, 0) is 6.92 Å². The highest BCUT2D eigenvalue weighted by Gasteiger charge is 2.22. The number of hydrogen-bond acceptors (Lipinski definition) is 6. The van der Waals surface area contributed by atoms with Crippen molar-refractivity contribution < 1.29 is 17.9 Å². The van der Waals surface area contributed by atoms with Crippen LogP contribution in [0, 0.1) is 6.92 Å². The second-order valence-corrected chi connectivity index (χ2v) is 6.19. The summed E-state index contributed by atoms with van der Waals surface area (Å²) >= 11 is 0. The molecule has 0 saturated heterocycles. The molecule has 0 saturated carbocycles. The van der Waals surface area contributed by atoms with E-state index in [0.717, 1.165) is 0 Å². The Morgan fingerprint density at radius 1 is 1.00 bits per heavy atom. The first-order valence-electron chi connectivity index (χ1n) is 6.36. The molecule has 3 N–H and O–H groups in total. The average Bonchev–Trinajstić information content (AvgIpc) is 2.44. The zero-order valence-corrected chi connectivity index (χ0v) is 13.4. The van der Waals surface area contributed by atoms with Crippen LogP contribution in [0.25, 0.3) is 0 Å². The predicted octanol–water partition coefficient (Wildman–Crippen LogP) is 0.190. The second kappa shape index (κ2) is 6.16. The molecule has 0 aliphatic carbocycles. The van der Waals surface area contributed by atoms with Gasteiger partial charge < -0.3 is 14.5 Å². The number of aryl methyl sites for hydroxylation is 1. The van der Waals surface area contributed by atoms with Crippen molar-refractivity contribution in [2.24, 2.45) is 0 Å². The van der Waals surface area contributed by atoms with Crippen LogP contribution in [0.15, 0.2) is 32.7 Å². The maximum Gasteiger partial charge on any atom is 0.325 e. The lowest BCUT2D eigenvalue weighted by molar-refractivity contribution is 0.395. The number of benzene rings is 1. The first-order valence-corrected chi connectivity index (χ1v) is 7.84. The quantitative estimate of drug-likeness (QED) is 0.711. The number of aromatic amines is 2. The van der Waals surface area contributed by atoms with Gasteiger partial charge in [-0.2, -0.15) is 0 Å². The van der Waals surface area contributed by atoms with Crippen LogP contribution in [0.4, 0.5) is 5.69 Å². The molecule has 1 aromatic heterocycles. The molecule has 0 fully saturated rings. The summed E-state index contributed by atoms with van der Waals surface area (Å²) in [5, 5.41) is 0. The number of ether oxygens (including phenoxy) is 2. The molecule has 2 aromatic rings. The summed E-state index contributed by atoms with van der Waals surface area (Å²) in [6.07, 6.45) is 0. The topological polar surface area (TPSA) is 130 Å². The van der Waals surface area contributed by atoms with Crippen LogP contribution in [0.1, 0.15) is 5.69 Å². The van der Waals surface area contributed by atoms with Crippen molar-refractivity contribution in [1.82, 2.24) is 9.97 Å². The second-order valence-electron chi connectivity index (χ2n) is 4.57. The molecule has 0 spiro atoms. The molecule has 0 unspecified atom stereocenters. The highest BCUT2D eigenvalue weighted by molar-refractivity contribution is 7.92. The van der Waals surface area contributed by atoms with Crippen LogP contribution < -0.4 is 25.4 Å². The Kier molecular flexibility index (Phi) is 4.45. The molecule has 2 rings (SSSR count). The van der Waals surface area contributed by atoms with Crippen molar-refractivity contribution in [3.63, 3.8) is 0 Å². The Balaban J connectivity index is 2.51. The summed E-state index contributed by atoms with van der Waals surface area (Å²) in [5.74, 6) is 0.739. The summed E-state index contributed by atoms with van der Waals surface area (Å²) in [6, 6.07) is 4.42. The SMILES string of the molecule is COc1cc(NS(=O)(=O)c2c(C)[nH]c(=O)[nH]c2=O)cc(OC)c1. The van der Waals surface area contributed by atoms with E-state index in [-0.39, 0.29) is 11.4 Å². The van der Waals surface area contributed by atoms with Gasteiger partial charge in [-0.15, -0.1) is 0 Å². The van der Waals surface area contributed by atoms with Crippen LogP contribution in [-0.4, -0.2) is 32.6 Å². The molecule has 9 nitrogen and oxygen atoms in total. The number of hydrogen-bond donors (Lipinski definition) is 3. The van der Waals surface area contributed by atoms with Crippen molar-refractivity contribution in [3.8, 4) is 11.5 Å². The molecule has 0 radical (unpaired) electrons. The maximum absolute atomic E-state index is 12.4. The van der Waals surface area contributed by atoms with Crippen molar-refractivity contribution >= 4 is 15.7 Å². The van der Waals surface area contributed by atoms with Crippen molar-refractivity contribution in [3.05, 3.63) is 44.7 Å². The Labute approximate surface area is 131 Å². The third-order valence-corrected chi connectivity index (χ3v) is 4.48. The molecular formula is C13H15N3O6S. The summed E-state index contributed by atoms with van der Waals surface area (Å²) < 4.78 is 37.2. The number of sulfonamides is 1. The molecule has 10 heteroatoms. The lowest BCUT2D eigenvalue weighted by atomic mass is 10.3. The molecule has 0 bridgehead atoms. The Morgan fingerprint density at radius 3 is 2.04 bits per heavy atom. The van der Waals surface area contributed by atoms with Crippen molar-refractivity contribution in [2.45, 2.75) is 11.8 Å². The van der Waals surface area contributed by atoms with E-state index in [9.17, 15) is 18.0 Å². The van der Waals surface area contributed by atoms with Gasteiger partial charge in [0.2, 0.25) is 0 Å².